The van der Waals surface area contributed by atoms with Gasteiger partial charge in [-0.05, 0) is 40.2 Å². The molecule has 1 aromatic rings. The van der Waals surface area contributed by atoms with Gasteiger partial charge in [0, 0.05) is 30.8 Å². The van der Waals surface area contributed by atoms with Crippen molar-refractivity contribution >= 4 is 41.2 Å². The summed E-state index contributed by atoms with van der Waals surface area (Å²) in [5.74, 6) is -2.31. The van der Waals surface area contributed by atoms with Gasteiger partial charge in [-0.25, -0.2) is 9.59 Å². The van der Waals surface area contributed by atoms with Crippen LogP contribution in [0.15, 0.2) is 17.3 Å². The summed E-state index contributed by atoms with van der Waals surface area (Å²) in [6.45, 7) is 9.17. The van der Waals surface area contributed by atoms with Gasteiger partial charge >= 0.3 is 11.9 Å². The Morgan fingerprint density at radius 1 is 1.21 bits per heavy atom. The predicted molar refractivity (Wildman–Crippen MR) is 101 cm³/mol. The Hall–Kier alpha value is -2.55. The Kier molecular flexibility index (Phi) is 5.14. The number of hydroxylamine groups is 2. The minimum atomic E-state index is -0.821. The smallest absolute Gasteiger partial charge is 0.358 e. The van der Waals surface area contributed by atoms with Crippen LogP contribution in [-0.2, 0) is 24.0 Å². The van der Waals surface area contributed by atoms with Crippen LogP contribution in [0.1, 0.15) is 56.5 Å². The molecule has 0 aromatic carbocycles. The monoisotopic (exact) mass is 406 g/mol. The third-order valence-corrected chi connectivity index (χ3v) is 5.68. The molecular weight excluding hydrogens is 384 g/mol. The molecular formula is C19H22N2O6S. The van der Waals surface area contributed by atoms with E-state index in [1.54, 1.807) is 31.5 Å². The van der Waals surface area contributed by atoms with E-state index in [2.05, 4.69) is 0 Å². The number of carbonyl (C=O) groups is 4. The minimum Gasteiger partial charge on any atom is -0.459 e. The van der Waals surface area contributed by atoms with Gasteiger partial charge in [-0.15, -0.1) is 5.06 Å². The van der Waals surface area contributed by atoms with Crippen LogP contribution >= 0.6 is 11.8 Å². The van der Waals surface area contributed by atoms with E-state index in [1.165, 1.54) is 17.8 Å². The highest BCUT2D eigenvalue weighted by Gasteiger charge is 2.40. The van der Waals surface area contributed by atoms with Crippen molar-refractivity contribution in [2.24, 2.45) is 0 Å². The van der Waals surface area contributed by atoms with E-state index in [-0.39, 0.29) is 18.9 Å². The Morgan fingerprint density at radius 2 is 1.82 bits per heavy atom. The standard InChI is InChI=1S/C19H22N2O6S/c1-10(2)26-18(25)16-11(3)9-20-12(19(4,5)28-17(16)20)8-15(24)27-21-13(22)6-7-14(21)23/h8-10H,6-7H2,1-5H3. The second kappa shape index (κ2) is 7.12. The van der Waals surface area contributed by atoms with E-state index in [0.29, 0.717) is 21.3 Å². The van der Waals surface area contributed by atoms with Gasteiger partial charge in [-0.3, -0.25) is 9.59 Å². The van der Waals surface area contributed by atoms with Gasteiger partial charge in [0.2, 0.25) is 0 Å². The van der Waals surface area contributed by atoms with Gasteiger partial charge in [-0.2, -0.15) is 0 Å². The lowest BCUT2D eigenvalue weighted by Gasteiger charge is -2.19. The molecule has 0 unspecified atom stereocenters. The topological polar surface area (TPSA) is 94.9 Å². The summed E-state index contributed by atoms with van der Waals surface area (Å²) in [7, 11) is 0. The summed E-state index contributed by atoms with van der Waals surface area (Å²) < 4.78 is 6.56. The number of aromatic nitrogens is 1. The molecule has 150 valence electrons. The van der Waals surface area contributed by atoms with E-state index < -0.39 is 28.5 Å². The molecule has 0 radical (unpaired) electrons. The van der Waals surface area contributed by atoms with Crippen LogP contribution in [0, 0.1) is 6.92 Å². The lowest BCUT2D eigenvalue weighted by atomic mass is 10.1. The zero-order valence-corrected chi connectivity index (χ0v) is 17.2. The summed E-state index contributed by atoms with van der Waals surface area (Å²) in [6.07, 6.45) is 2.83. The van der Waals surface area contributed by atoms with Crippen molar-refractivity contribution in [2.45, 2.75) is 63.3 Å². The maximum absolute atomic E-state index is 12.5. The molecule has 0 atom stereocenters. The highest BCUT2D eigenvalue weighted by Crippen LogP contribution is 2.50. The molecule has 0 spiro atoms. The normalized spacial score (nSPS) is 19.5. The fraction of sp³-hybridized carbons (Fsp3) is 0.474. The second-order valence-corrected chi connectivity index (χ2v) is 9.06. The van der Waals surface area contributed by atoms with Crippen LogP contribution in [0.4, 0.5) is 0 Å². The Bertz CT molecular complexity index is 896. The van der Waals surface area contributed by atoms with Crippen LogP contribution in [-0.4, -0.2) is 44.2 Å². The summed E-state index contributed by atoms with van der Waals surface area (Å²) >= 11 is 1.43. The average Bonchev–Trinajstić information content (AvgIpc) is 3.12. The lowest BCUT2D eigenvalue weighted by Crippen LogP contribution is -2.31. The zero-order chi connectivity index (χ0) is 20.8. The van der Waals surface area contributed by atoms with Crippen molar-refractivity contribution in [1.29, 1.82) is 0 Å². The molecule has 1 aromatic heterocycles. The number of fused-ring (bicyclic) bond motifs is 1. The number of amides is 2. The van der Waals surface area contributed by atoms with Crippen LogP contribution < -0.4 is 0 Å². The van der Waals surface area contributed by atoms with Crippen molar-refractivity contribution in [3.63, 3.8) is 0 Å². The van der Waals surface area contributed by atoms with Gasteiger partial charge in [0.1, 0.15) is 0 Å². The number of rotatable bonds is 4. The molecule has 2 aliphatic heterocycles. The highest BCUT2D eigenvalue weighted by atomic mass is 32.2. The van der Waals surface area contributed by atoms with E-state index in [9.17, 15) is 19.2 Å². The average molecular weight is 406 g/mol. The van der Waals surface area contributed by atoms with Crippen LogP contribution in [0.2, 0.25) is 0 Å². The SMILES string of the molecule is Cc1cn2c(c1C(=O)OC(C)C)SC(C)(C)C2=CC(=O)ON1C(=O)CCC1=O. The Labute approximate surface area is 166 Å². The molecule has 2 aliphatic rings. The van der Waals surface area contributed by atoms with Crippen molar-refractivity contribution in [3.8, 4) is 0 Å². The molecule has 9 heteroatoms. The number of ether oxygens (including phenoxy) is 1. The molecule has 3 heterocycles. The number of hydrogen-bond donors (Lipinski definition) is 0. The highest BCUT2D eigenvalue weighted by molar-refractivity contribution is 8.01. The van der Waals surface area contributed by atoms with Crippen molar-refractivity contribution in [1.82, 2.24) is 9.63 Å². The summed E-state index contributed by atoms with van der Waals surface area (Å²) in [5.41, 5.74) is 1.78. The van der Waals surface area contributed by atoms with E-state index in [0.717, 1.165) is 5.56 Å². The third-order valence-electron chi connectivity index (χ3n) is 4.37. The van der Waals surface area contributed by atoms with Gasteiger partial charge in [-0.1, -0.05) is 11.8 Å². The maximum Gasteiger partial charge on any atom is 0.358 e. The molecule has 0 bridgehead atoms. The zero-order valence-electron chi connectivity index (χ0n) is 16.4. The molecule has 3 rings (SSSR count). The summed E-state index contributed by atoms with van der Waals surface area (Å²) in [5, 5.41) is 1.20. The number of imide groups is 1. The van der Waals surface area contributed by atoms with Gasteiger partial charge < -0.3 is 14.1 Å². The first kappa shape index (κ1) is 20.2. The third kappa shape index (κ3) is 3.58. The van der Waals surface area contributed by atoms with Crippen LogP contribution in [0.25, 0.3) is 5.70 Å². The Morgan fingerprint density at radius 3 is 2.39 bits per heavy atom. The molecule has 28 heavy (non-hydrogen) atoms. The van der Waals surface area contributed by atoms with Crippen LogP contribution in [0.3, 0.4) is 0 Å². The lowest BCUT2D eigenvalue weighted by molar-refractivity contribution is -0.193. The molecule has 8 nitrogen and oxygen atoms in total. The molecule has 0 N–H and O–H groups in total. The van der Waals surface area contributed by atoms with E-state index in [4.69, 9.17) is 9.57 Å². The largest absolute Gasteiger partial charge is 0.459 e. The van der Waals surface area contributed by atoms with Crippen molar-refractivity contribution in [2.75, 3.05) is 0 Å². The fourth-order valence-electron chi connectivity index (χ4n) is 3.12. The molecule has 0 saturated carbocycles. The van der Waals surface area contributed by atoms with E-state index >= 15 is 0 Å². The first-order valence-corrected chi connectivity index (χ1v) is 9.75. The Balaban J connectivity index is 1.92. The predicted octanol–water partition coefficient (Wildman–Crippen LogP) is 2.69. The minimum absolute atomic E-state index is 0.0340. The number of aryl methyl sites for hydroxylation is 1. The summed E-state index contributed by atoms with van der Waals surface area (Å²) in [6, 6.07) is 0. The number of hydrogen-bond acceptors (Lipinski definition) is 7. The van der Waals surface area contributed by atoms with Crippen molar-refractivity contribution in [3.05, 3.63) is 23.4 Å². The van der Waals surface area contributed by atoms with Crippen LogP contribution in [0.5, 0.6) is 0 Å². The first-order valence-electron chi connectivity index (χ1n) is 8.93. The maximum atomic E-state index is 12.5. The number of thioether (sulfide) groups is 1. The number of nitrogens with zero attached hydrogens (tertiary/aromatic N) is 2. The van der Waals surface area contributed by atoms with Crippen molar-refractivity contribution < 1.29 is 28.8 Å². The summed E-state index contributed by atoms with van der Waals surface area (Å²) in [4.78, 5) is 53.1. The van der Waals surface area contributed by atoms with Gasteiger partial charge in [0.15, 0.2) is 0 Å². The molecule has 1 fully saturated rings. The quantitative estimate of drug-likeness (QED) is 0.431. The molecule has 2 amide bonds. The van der Waals surface area contributed by atoms with Gasteiger partial charge in [0.25, 0.3) is 11.8 Å². The molecule has 1 saturated heterocycles. The number of carbonyl (C=O) groups excluding carboxylic acids is 4. The fourth-order valence-corrected chi connectivity index (χ4v) is 4.46. The van der Waals surface area contributed by atoms with E-state index in [1.807, 2.05) is 13.8 Å². The second-order valence-electron chi connectivity index (χ2n) is 7.45. The first-order chi connectivity index (χ1) is 13.0. The molecule has 0 aliphatic carbocycles. The number of esters is 1. The van der Waals surface area contributed by atoms with Gasteiger partial charge in [0.05, 0.1) is 21.4 Å².